The van der Waals surface area contributed by atoms with E-state index in [1.54, 1.807) is 26.0 Å². The van der Waals surface area contributed by atoms with E-state index in [2.05, 4.69) is 0 Å². The predicted molar refractivity (Wildman–Crippen MR) is 138 cm³/mol. The van der Waals surface area contributed by atoms with Gasteiger partial charge in [0.05, 0.1) is 18.5 Å². The van der Waals surface area contributed by atoms with Crippen LogP contribution >= 0.6 is 7.60 Å². The lowest BCUT2D eigenvalue weighted by Gasteiger charge is -2.18. The number of aromatic nitrogens is 1. The zero-order valence-electron chi connectivity index (χ0n) is 20.2. The molecule has 0 saturated carbocycles. The zero-order valence-corrected chi connectivity index (χ0v) is 21.1. The highest BCUT2D eigenvalue weighted by Gasteiger charge is 2.32. The van der Waals surface area contributed by atoms with Crippen LogP contribution in [-0.4, -0.2) is 43.2 Å². The Labute approximate surface area is 210 Å². The molecular weight excluding hydrogens is 477 g/mol. The number of rotatable bonds is 9. The van der Waals surface area contributed by atoms with E-state index in [1.165, 1.54) is 0 Å². The van der Waals surface area contributed by atoms with Gasteiger partial charge in [0.15, 0.2) is 0 Å². The maximum Gasteiger partial charge on any atom is 0.361 e. The number of hydrogen-bond donors (Lipinski definition) is 0. The van der Waals surface area contributed by atoms with Crippen molar-refractivity contribution in [3.8, 4) is 0 Å². The van der Waals surface area contributed by atoms with Gasteiger partial charge < -0.3 is 18.5 Å². The standard InChI is InChI=1S/C27H28N3O5P/c1-3-34-36(31,35-4-2)21-15-22(26-29-24(17-32-26)19-11-7-5-8-12-19)28-23(16-21)27-30-25(18-33-27)20-13-9-6-10-14-20/h5-16,24-25H,3-4,17-18H2,1-2H3. The molecule has 0 spiro atoms. The summed E-state index contributed by atoms with van der Waals surface area (Å²) in [5.41, 5.74) is 2.95. The van der Waals surface area contributed by atoms with Crippen LogP contribution in [0.25, 0.3) is 0 Å². The van der Waals surface area contributed by atoms with Crippen LogP contribution in [-0.2, 0) is 23.1 Å². The third-order valence-corrected chi connectivity index (χ3v) is 7.92. The van der Waals surface area contributed by atoms with Gasteiger partial charge in [0.1, 0.15) is 36.7 Å². The normalized spacial score (nSPS) is 19.4. The molecule has 2 aliphatic rings. The van der Waals surface area contributed by atoms with Crippen LogP contribution in [0.4, 0.5) is 0 Å². The molecule has 9 heteroatoms. The molecule has 5 rings (SSSR count). The minimum absolute atomic E-state index is 0.150. The van der Waals surface area contributed by atoms with E-state index < -0.39 is 7.60 Å². The van der Waals surface area contributed by atoms with E-state index >= 15 is 0 Å². The van der Waals surface area contributed by atoms with Gasteiger partial charge in [-0.15, -0.1) is 0 Å². The minimum atomic E-state index is -3.61. The lowest BCUT2D eigenvalue weighted by molar-refractivity contribution is 0.230. The van der Waals surface area contributed by atoms with Crippen molar-refractivity contribution in [2.45, 2.75) is 25.9 Å². The summed E-state index contributed by atoms with van der Waals surface area (Å²) in [6.07, 6.45) is 0. The molecule has 8 nitrogen and oxygen atoms in total. The number of nitrogens with zero attached hydrogens (tertiary/aromatic N) is 3. The summed E-state index contributed by atoms with van der Waals surface area (Å²) < 4.78 is 36.8. The van der Waals surface area contributed by atoms with Gasteiger partial charge in [0.25, 0.3) is 0 Å². The lowest BCUT2D eigenvalue weighted by atomic mass is 10.1. The quantitative estimate of drug-likeness (QED) is 0.380. The summed E-state index contributed by atoms with van der Waals surface area (Å²) >= 11 is 0. The van der Waals surface area contributed by atoms with Crippen LogP contribution < -0.4 is 5.30 Å². The lowest BCUT2D eigenvalue weighted by Crippen LogP contribution is -2.19. The number of aliphatic imine (C=N–C) groups is 2. The number of ether oxygens (including phenoxy) is 2. The largest absolute Gasteiger partial charge is 0.474 e. The molecule has 0 bridgehead atoms. The van der Waals surface area contributed by atoms with E-state index in [1.807, 2.05) is 60.7 Å². The molecule has 0 aliphatic carbocycles. The van der Waals surface area contributed by atoms with E-state index in [9.17, 15) is 4.57 Å². The third-order valence-electron chi connectivity index (χ3n) is 5.83. The first-order chi connectivity index (χ1) is 17.6. The molecule has 2 aromatic carbocycles. The second kappa shape index (κ2) is 10.7. The second-order valence-corrected chi connectivity index (χ2v) is 10.3. The Balaban J connectivity index is 1.55. The first-order valence-electron chi connectivity index (χ1n) is 12.0. The highest BCUT2D eigenvalue weighted by molar-refractivity contribution is 7.62. The molecule has 3 aromatic rings. The van der Waals surface area contributed by atoms with Crippen LogP contribution in [0.3, 0.4) is 0 Å². The number of pyridine rings is 1. The third kappa shape index (κ3) is 5.12. The van der Waals surface area contributed by atoms with Crippen LogP contribution in [0, 0.1) is 0 Å². The van der Waals surface area contributed by atoms with E-state index in [0.29, 0.717) is 41.7 Å². The summed E-state index contributed by atoms with van der Waals surface area (Å²) in [7, 11) is -3.61. The van der Waals surface area contributed by atoms with E-state index in [-0.39, 0.29) is 25.3 Å². The topological polar surface area (TPSA) is 91.6 Å². The molecule has 2 aliphatic heterocycles. The predicted octanol–water partition coefficient (Wildman–Crippen LogP) is 5.01. The molecule has 3 heterocycles. The number of benzene rings is 2. The van der Waals surface area contributed by atoms with Crippen molar-refractivity contribution in [2.75, 3.05) is 26.4 Å². The highest BCUT2D eigenvalue weighted by Crippen LogP contribution is 2.47. The Kier molecular flexibility index (Phi) is 7.28. The van der Waals surface area contributed by atoms with Gasteiger partial charge in [-0.25, -0.2) is 15.0 Å². The van der Waals surface area contributed by atoms with Crippen LogP contribution in [0.2, 0.25) is 0 Å². The van der Waals surface area contributed by atoms with Gasteiger partial charge in [0.2, 0.25) is 11.8 Å². The fourth-order valence-electron chi connectivity index (χ4n) is 4.14. The average Bonchev–Trinajstić information content (AvgIpc) is 3.61. The Bertz CT molecular complexity index is 1220. The second-order valence-electron chi connectivity index (χ2n) is 8.27. The van der Waals surface area contributed by atoms with Crippen LogP contribution in [0.5, 0.6) is 0 Å². The first-order valence-corrected chi connectivity index (χ1v) is 13.6. The summed E-state index contributed by atoms with van der Waals surface area (Å²) in [6.45, 7) is 4.79. The van der Waals surface area contributed by atoms with Crippen LogP contribution in [0.15, 0.2) is 82.8 Å². The molecule has 0 amide bonds. The van der Waals surface area contributed by atoms with Crippen molar-refractivity contribution in [1.29, 1.82) is 0 Å². The Morgan fingerprint density at radius 3 is 1.64 bits per heavy atom. The fraction of sp³-hybridized carbons (Fsp3) is 0.296. The highest BCUT2D eigenvalue weighted by atomic mass is 31.2. The molecule has 0 N–H and O–H groups in total. The van der Waals surface area contributed by atoms with Gasteiger partial charge in [0, 0.05) is 0 Å². The van der Waals surface area contributed by atoms with E-state index in [4.69, 9.17) is 33.5 Å². The smallest absolute Gasteiger partial charge is 0.361 e. The molecule has 0 radical (unpaired) electrons. The van der Waals surface area contributed by atoms with Gasteiger partial charge in [-0.1, -0.05) is 60.7 Å². The van der Waals surface area contributed by atoms with Crippen molar-refractivity contribution in [3.05, 3.63) is 95.3 Å². The van der Waals surface area contributed by atoms with Gasteiger partial charge >= 0.3 is 7.60 Å². The summed E-state index contributed by atoms with van der Waals surface area (Å²) in [5.74, 6) is 0.731. The molecule has 0 fully saturated rings. The van der Waals surface area contributed by atoms with Crippen molar-refractivity contribution < 1.29 is 23.1 Å². The molecule has 36 heavy (non-hydrogen) atoms. The molecule has 1 aromatic heterocycles. The van der Waals surface area contributed by atoms with Crippen molar-refractivity contribution in [1.82, 2.24) is 4.98 Å². The first kappa shape index (κ1) is 24.4. The maximum atomic E-state index is 13.7. The summed E-state index contributed by atoms with van der Waals surface area (Å²) in [4.78, 5) is 14.3. The molecule has 2 unspecified atom stereocenters. The monoisotopic (exact) mass is 505 g/mol. The van der Waals surface area contributed by atoms with Crippen LogP contribution in [0.1, 0.15) is 48.4 Å². The molecule has 2 atom stereocenters. The van der Waals surface area contributed by atoms with Crippen molar-refractivity contribution in [2.24, 2.45) is 9.98 Å². The van der Waals surface area contributed by atoms with Crippen molar-refractivity contribution >= 4 is 24.7 Å². The summed E-state index contributed by atoms with van der Waals surface area (Å²) in [5, 5.41) is 0.357. The summed E-state index contributed by atoms with van der Waals surface area (Å²) in [6, 6.07) is 22.9. The fourth-order valence-corrected chi connectivity index (χ4v) is 5.75. The SMILES string of the molecule is CCOP(=O)(OCC)c1cc(C2=NC(c3ccccc3)CO2)nc(C2=NC(c3ccccc3)CO2)c1. The zero-order chi connectivity index (χ0) is 25.0. The molecule has 0 saturated heterocycles. The van der Waals surface area contributed by atoms with E-state index in [0.717, 1.165) is 11.1 Å². The minimum Gasteiger partial charge on any atom is -0.474 e. The van der Waals surface area contributed by atoms with Crippen molar-refractivity contribution in [3.63, 3.8) is 0 Å². The molecule has 186 valence electrons. The Hall–Kier alpha value is -3.32. The Morgan fingerprint density at radius 2 is 1.22 bits per heavy atom. The van der Waals surface area contributed by atoms with Gasteiger partial charge in [-0.3, -0.25) is 4.57 Å². The average molecular weight is 506 g/mol. The van der Waals surface area contributed by atoms with Gasteiger partial charge in [-0.2, -0.15) is 0 Å². The molecular formula is C27H28N3O5P. The Morgan fingerprint density at radius 1 is 0.778 bits per heavy atom. The number of hydrogen-bond acceptors (Lipinski definition) is 8. The van der Waals surface area contributed by atoms with Gasteiger partial charge in [-0.05, 0) is 37.1 Å². The maximum absolute atomic E-state index is 13.7.